The SMILES string of the molecule is O=C(OC[C@H]1O[C@@H](n2nncc2C(F)(F)F)[C@H](OC(=O)c2ccccc2)[C@@H]1OC(=O)c1ccccc1)c1ccccc1. The number of carbonyl (C=O) groups is 3. The van der Waals surface area contributed by atoms with Crippen LogP contribution in [0.15, 0.2) is 97.2 Å². The van der Waals surface area contributed by atoms with Crippen LogP contribution < -0.4 is 0 Å². The molecule has 0 N–H and O–H groups in total. The molecule has 0 saturated carbocycles. The summed E-state index contributed by atoms with van der Waals surface area (Å²) in [4.78, 5) is 38.8. The summed E-state index contributed by atoms with van der Waals surface area (Å²) >= 11 is 0. The lowest BCUT2D eigenvalue weighted by Gasteiger charge is -2.25. The zero-order chi connectivity index (χ0) is 29.7. The van der Waals surface area contributed by atoms with Gasteiger partial charge in [-0.25, -0.2) is 19.1 Å². The monoisotopic (exact) mass is 581 g/mol. The van der Waals surface area contributed by atoms with E-state index in [-0.39, 0.29) is 16.7 Å². The van der Waals surface area contributed by atoms with E-state index in [1.807, 2.05) is 0 Å². The molecule has 42 heavy (non-hydrogen) atoms. The fourth-order valence-electron chi connectivity index (χ4n) is 4.29. The van der Waals surface area contributed by atoms with Crippen LogP contribution in [0.3, 0.4) is 0 Å². The molecular formula is C29H22F3N3O7. The van der Waals surface area contributed by atoms with Gasteiger partial charge in [0.25, 0.3) is 0 Å². The van der Waals surface area contributed by atoms with Crippen molar-refractivity contribution in [2.75, 3.05) is 6.61 Å². The number of aromatic nitrogens is 3. The number of benzene rings is 3. The summed E-state index contributed by atoms with van der Waals surface area (Å²) in [5.74, 6) is -2.56. The van der Waals surface area contributed by atoms with Gasteiger partial charge in [-0.05, 0) is 36.4 Å². The fraction of sp³-hybridized carbons (Fsp3) is 0.207. The minimum atomic E-state index is -4.91. The standard InChI is InChI=1S/C29H22F3N3O7/c30-29(31,32)22-16-33-34-35(22)25-24(42-28(38)20-14-8-3-9-15-20)23(41-27(37)19-12-6-2-7-13-19)21(40-25)17-39-26(36)18-10-4-1-5-11-18/h1-16,21,23-25H,17H2/t21-,23-,24-,25-/m1/s1. The highest BCUT2D eigenvalue weighted by atomic mass is 19.4. The summed E-state index contributed by atoms with van der Waals surface area (Å²) in [6.07, 6.45) is -10.7. The van der Waals surface area contributed by atoms with Gasteiger partial charge in [-0.1, -0.05) is 59.8 Å². The molecular weight excluding hydrogens is 559 g/mol. The minimum Gasteiger partial charge on any atom is -0.459 e. The highest BCUT2D eigenvalue weighted by Crippen LogP contribution is 2.38. The van der Waals surface area contributed by atoms with E-state index in [1.54, 1.807) is 54.6 Å². The van der Waals surface area contributed by atoms with Crippen LogP contribution in [0.4, 0.5) is 13.2 Å². The predicted molar refractivity (Wildman–Crippen MR) is 137 cm³/mol. The van der Waals surface area contributed by atoms with Crippen molar-refractivity contribution in [1.29, 1.82) is 0 Å². The van der Waals surface area contributed by atoms with Crippen molar-refractivity contribution in [1.82, 2.24) is 15.0 Å². The summed E-state index contributed by atoms with van der Waals surface area (Å²) < 4.78 is 64.4. The zero-order valence-corrected chi connectivity index (χ0v) is 21.6. The quantitative estimate of drug-likeness (QED) is 0.219. The van der Waals surface area contributed by atoms with Gasteiger partial charge in [-0.2, -0.15) is 13.2 Å². The van der Waals surface area contributed by atoms with Crippen molar-refractivity contribution in [3.8, 4) is 0 Å². The van der Waals surface area contributed by atoms with Crippen molar-refractivity contribution in [2.24, 2.45) is 0 Å². The molecule has 1 saturated heterocycles. The number of halogens is 3. The molecule has 1 fully saturated rings. The molecule has 0 amide bonds. The average Bonchev–Trinajstić information content (AvgIpc) is 3.63. The van der Waals surface area contributed by atoms with Crippen LogP contribution in [-0.4, -0.2) is 57.8 Å². The van der Waals surface area contributed by atoms with Crippen molar-refractivity contribution in [3.05, 3.63) is 120 Å². The van der Waals surface area contributed by atoms with E-state index in [2.05, 4.69) is 10.3 Å². The first-order valence-corrected chi connectivity index (χ1v) is 12.6. The van der Waals surface area contributed by atoms with Crippen LogP contribution in [0, 0.1) is 0 Å². The largest absolute Gasteiger partial charge is 0.459 e. The van der Waals surface area contributed by atoms with Gasteiger partial charge in [0, 0.05) is 0 Å². The Hall–Kier alpha value is -5.04. The molecule has 0 aliphatic carbocycles. The topological polar surface area (TPSA) is 119 Å². The number of carbonyl (C=O) groups excluding carboxylic acids is 3. The van der Waals surface area contributed by atoms with Gasteiger partial charge in [-0.3, -0.25) is 0 Å². The van der Waals surface area contributed by atoms with E-state index < -0.39 is 60.9 Å². The lowest BCUT2D eigenvalue weighted by atomic mass is 10.1. The van der Waals surface area contributed by atoms with Gasteiger partial charge in [0.05, 0.1) is 22.9 Å². The molecule has 4 aromatic rings. The second-order valence-electron chi connectivity index (χ2n) is 9.06. The Balaban J connectivity index is 1.50. The van der Waals surface area contributed by atoms with Gasteiger partial charge < -0.3 is 18.9 Å². The smallest absolute Gasteiger partial charge is 0.434 e. The summed E-state index contributed by atoms with van der Waals surface area (Å²) in [5.41, 5.74) is -0.903. The summed E-state index contributed by atoms with van der Waals surface area (Å²) in [6.45, 7) is -0.563. The number of esters is 3. The molecule has 216 valence electrons. The molecule has 1 aromatic heterocycles. The molecule has 0 unspecified atom stereocenters. The van der Waals surface area contributed by atoms with Gasteiger partial charge >= 0.3 is 24.1 Å². The van der Waals surface area contributed by atoms with E-state index in [4.69, 9.17) is 18.9 Å². The first kappa shape index (κ1) is 28.5. The molecule has 13 heteroatoms. The number of rotatable bonds is 8. The molecule has 5 rings (SSSR count). The van der Waals surface area contributed by atoms with E-state index in [0.717, 1.165) is 0 Å². The Morgan fingerprint density at radius 2 is 1.21 bits per heavy atom. The van der Waals surface area contributed by atoms with Gasteiger partial charge in [0.2, 0.25) is 0 Å². The predicted octanol–water partition coefficient (Wildman–Crippen LogP) is 4.50. The number of hydrogen-bond donors (Lipinski definition) is 0. The van der Waals surface area contributed by atoms with Crippen LogP contribution in [0.1, 0.15) is 43.0 Å². The Kier molecular flexibility index (Phi) is 8.29. The Morgan fingerprint density at radius 3 is 1.71 bits per heavy atom. The summed E-state index contributed by atoms with van der Waals surface area (Å²) in [7, 11) is 0. The van der Waals surface area contributed by atoms with Crippen LogP contribution >= 0.6 is 0 Å². The minimum absolute atomic E-state index is 0.0815. The number of nitrogens with zero attached hydrogens (tertiary/aromatic N) is 3. The van der Waals surface area contributed by atoms with Gasteiger partial charge in [0.1, 0.15) is 12.7 Å². The third-order valence-corrected chi connectivity index (χ3v) is 6.29. The van der Waals surface area contributed by atoms with Crippen molar-refractivity contribution >= 4 is 17.9 Å². The summed E-state index contributed by atoms with van der Waals surface area (Å²) in [6, 6.07) is 23.4. The van der Waals surface area contributed by atoms with E-state index in [9.17, 15) is 27.6 Å². The first-order valence-electron chi connectivity index (χ1n) is 12.6. The number of alkyl halides is 3. The zero-order valence-electron chi connectivity index (χ0n) is 21.6. The fourth-order valence-corrected chi connectivity index (χ4v) is 4.29. The molecule has 2 heterocycles. The van der Waals surface area contributed by atoms with Crippen LogP contribution in [0.25, 0.3) is 0 Å². The lowest BCUT2D eigenvalue weighted by Crippen LogP contribution is -2.41. The van der Waals surface area contributed by atoms with Gasteiger partial charge in [0.15, 0.2) is 24.1 Å². The first-order chi connectivity index (χ1) is 20.2. The summed E-state index contributed by atoms with van der Waals surface area (Å²) in [5, 5.41) is 6.88. The second kappa shape index (κ2) is 12.2. The van der Waals surface area contributed by atoms with Crippen molar-refractivity contribution in [2.45, 2.75) is 30.7 Å². The van der Waals surface area contributed by atoms with E-state index in [0.29, 0.717) is 10.9 Å². The number of ether oxygens (including phenoxy) is 4. The normalized spacial score (nSPS) is 20.1. The highest BCUT2D eigenvalue weighted by molar-refractivity contribution is 5.91. The molecule has 0 radical (unpaired) electrons. The third-order valence-electron chi connectivity index (χ3n) is 6.29. The molecule has 0 spiro atoms. The maximum absolute atomic E-state index is 13.8. The molecule has 1 aliphatic heterocycles. The van der Waals surface area contributed by atoms with E-state index >= 15 is 0 Å². The maximum Gasteiger partial charge on any atom is 0.434 e. The van der Waals surface area contributed by atoms with Crippen LogP contribution in [0.5, 0.6) is 0 Å². The molecule has 10 nitrogen and oxygen atoms in total. The molecule has 3 aromatic carbocycles. The lowest BCUT2D eigenvalue weighted by molar-refractivity contribution is -0.153. The Morgan fingerprint density at radius 1 is 0.738 bits per heavy atom. The van der Waals surface area contributed by atoms with Crippen LogP contribution in [-0.2, 0) is 25.1 Å². The molecule has 1 aliphatic rings. The van der Waals surface area contributed by atoms with Crippen LogP contribution in [0.2, 0.25) is 0 Å². The maximum atomic E-state index is 13.8. The highest BCUT2D eigenvalue weighted by Gasteiger charge is 2.53. The van der Waals surface area contributed by atoms with Crippen molar-refractivity contribution < 1.29 is 46.5 Å². The second-order valence-corrected chi connectivity index (χ2v) is 9.06. The Bertz CT molecular complexity index is 1530. The third kappa shape index (κ3) is 6.31. The average molecular weight is 582 g/mol. The van der Waals surface area contributed by atoms with Crippen molar-refractivity contribution in [3.63, 3.8) is 0 Å². The molecule has 0 bridgehead atoms. The van der Waals surface area contributed by atoms with Gasteiger partial charge in [-0.15, -0.1) is 5.10 Å². The number of hydrogen-bond acceptors (Lipinski definition) is 9. The van der Waals surface area contributed by atoms with E-state index in [1.165, 1.54) is 36.4 Å². The Labute approximate surface area is 236 Å². The molecule has 4 atom stereocenters.